The standard InChI is InChI=1S/C10H12BrNOS/c1-12(2)10(14)8-5-4-7(11)6-9(8)13-3/h4-6H,1-3H3. The molecule has 0 bridgehead atoms. The van der Waals surface area contributed by atoms with Crippen molar-refractivity contribution in [3.8, 4) is 5.75 Å². The summed E-state index contributed by atoms with van der Waals surface area (Å²) in [6, 6.07) is 5.81. The van der Waals surface area contributed by atoms with Crippen LogP contribution in [0.2, 0.25) is 0 Å². The number of hydrogen-bond acceptors (Lipinski definition) is 2. The molecule has 0 atom stereocenters. The summed E-state index contributed by atoms with van der Waals surface area (Å²) in [4.78, 5) is 2.66. The Bertz CT molecular complexity index is 352. The summed E-state index contributed by atoms with van der Waals surface area (Å²) in [5, 5.41) is 0. The highest BCUT2D eigenvalue weighted by atomic mass is 79.9. The van der Waals surface area contributed by atoms with E-state index in [1.165, 1.54) is 0 Å². The van der Waals surface area contributed by atoms with E-state index in [4.69, 9.17) is 17.0 Å². The summed E-state index contributed by atoms with van der Waals surface area (Å²) in [5.41, 5.74) is 0.940. The SMILES string of the molecule is COc1cc(Br)ccc1C(=S)N(C)C. The van der Waals surface area contributed by atoms with Crippen LogP contribution in [-0.2, 0) is 0 Å². The molecule has 0 N–H and O–H groups in total. The first-order valence-electron chi connectivity index (χ1n) is 4.11. The zero-order valence-electron chi connectivity index (χ0n) is 8.37. The van der Waals surface area contributed by atoms with Crippen LogP contribution in [0.3, 0.4) is 0 Å². The summed E-state index contributed by atoms with van der Waals surface area (Å²) in [6.45, 7) is 0. The van der Waals surface area contributed by atoms with E-state index in [0.717, 1.165) is 20.8 Å². The van der Waals surface area contributed by atoms with Crippen LogP contribution in [0.1, 0.15) is 5.56 Å². The van der Waals surface area contributed by atoms with E-state index in [2.05, 4.69) is 15.9 Å². The fraction of sp³-hybridized carbons (Fsp3) is 0.300. The summed E-state index contributed by atoms with van der Waals surface area (Å²) in [5.74, 6) is 0.790. The Kier molecular flexibility index (Phi) is 3.89. The first kappa shape index (κ1) is 11.5. The van der Waals surface area contributed by atoms with Gasteiger partial charge in [-0.25, -0.2) is 0 Å². The Labute approximate surface area is 98.0 Å². The lowest BCUT2D eigenvalue weighted by atomic mass is 10.2. The molecule has 0 saturated carbocycles. The molecule has 0 saturated heterocycles. The first-order valence-corrected chi connectivity index (χ1v) is 5.31. The number of ether oxygens (including phenoxy) is 1. The molecule has 0 unspecified atom stereocenters. The van der Waals surface area contributed by atoms with Gasteiger partial charge in [-0.2, -0.15) is 0 Å². The van der Waals surface area contributed by atoms with Crippen molar-refractivity contribution in [1.82, 2.24) is 4.90 Å². The largest absolute Gasteiger partial charge is 0.496 e. The molecule has 0 fully saturated rings. The van der Waals surface area contributed by atoms with Crippen LogP contribution in [0.25, 0.3) is 0 Å². The van der Waals surface area contributed by atoms with Crippen LogP contribution < -0.4 is 4.74 Å². The topological polar surface area (TPSA) is 12.5 Å². The van der Waals surface area contributed by atoms with E-state index in [-0.39, 0.29) is 0 Å². The number of halogens is 1. The lowest BCUT2D eigenvalue weighted by Crippen LogP contribution is -2.21. The smallest absolute Gasteiger partial charge is 0.130 e. The molecule has 0 amide bonds. The molecule has 0 spiro atoms. The maximum absolute atomic E-state index is 5.27. The molecule has 4 heteroatoms. The minimum Gasteiger partial charge on any atom is -0.496 e. The molecule has 1 rings (SSSR count). The van der Waals surface area contributed by atoms with Crippen molar-refractivity contribution in [3.05, 3.63) is 28.2 Å². The molecule has 2 nitrogen and oxygen atoms in total. The van der Waals surface area contributed by atoms with Crippen LogP contribution in [0, 0.1) is 0 Å². The minimum absolute atomic E-state index is 0.773. The second-order valence-corrected chi connectivity index (χ2v) is 4.35. The highest BCUT2D eigenvalue weighted by molar-refractivity contribution is 9.10. The highest BCUT2D eigenvalue weighted by Crippen LogP contribution is 2.24. The second-order valence-electron chi connectivity index (χ2n) is 3.04. The van der Waals surface area contributed by atoms with Crippen LogP contribution in [-0.4, -0.2) is 31.1 Å². The van der Waals surface area contributed by atoms with Crippen LogP contribution >= 0.6 is 28.1 Å². The van der Waals surface area contributed by atoms with Gasteiger partial charge < -0.3 is 9.64 Å². The fourth-order valence-corrected chi connectivity index (χ4v) is 1.59. The van der Waals surface area contributed by atoms with Gasteiger partial charge in [-0.1, -0.05) is 28.1 Å². The number of rotatable bonds is 2. The Morgan fingerprint density at radius 3 is 2.57 bits per heavy atom. The minimum atomic E-state index is 0.773. The lowest BCUT2D eigenvalue weighted by molar-refractivity contribution is 0.412. The zero-order chi connectivity index (χ0) is 10.7. The summed E-state index contributed by atoms with van der Waals surface area (Å²) in [6.07, 6.45) is 0. The van der Waals surface area contributed by atoms with Crippen molar-refractivity contribution < 1.29 is 4.74 Å². The van der Waals surface area contributed by atoms with Crippen molar-refractivity contribution >= 4 is 33.1 Å². The summed E-state index contributed by atoms with van der Waals surface area (Å²) >= 11 is 8.66. The molecule has 76 valence electrons. The number of nitrogens with zero attached hydrogens (tertiary/aromatic N) is 1. The Morgan fingerprint density at radius 1 is 1.43 bits per heavy atom. The van der Waals surface area contributed by atoms with Crippen molar-refractivity contribution in [2.24, 2.45) is 0 Å². The van der Waals surface area contributed by atoms with Gasteiger partial charge in [0.15, 0.2) is 0 Å². The Hall–Kier alpha value is -0.610. The van der Waals surface area contributed by atoms with Crippen molar-refractivity contribution in [1.29, 1.82) is 0 Å². The summed E-state index contributed by atoms with van der Waals surface area (Å²) < 4.78 is 6.24. The monoisotopic (exact) mass is 273 g/mol. The molecular weight excluding hydrogens is 262 g/mol. The average molecular weight is 274 g/mol. The van der Waals surface area contributed by atoms with Gasteiger partial charge in [0.1, 0.15) is 10.7 Å². The third-order valence-electron chi connectivity index (χ3n) is 1.80. The van der Waals surface area contributed by atoms with Crippen molar-refractivity contribution in [3.63, 3.8) is 0 Å². The summed E-state index contributed by atoms with van der Waals surface area (Å²) in [7, 11) is 5.48. The van der Waals surface area contributed by atoms with Crippen LogP contribution in [0.4, 0.5) is 0 Å². The van der Waals surface area contributed by atoms with Gasteiger partial charge in [-0.3, -0.25) is 0 Å². The Morgan fingerprint density at radius 2 is 2.07 bits per heavy atom. The van der Waals surface area contributed by atoms with Gasteiger partial charge in [-0.05, 0) is 18.2 Å². The normalized spacial score (nSPS) is 9.71. The average Bonchev–Trinajstić information content (AvgIpc) is 2.16. The lowest BCUT2D eigenvalue weighted by Gasteiger charge is -2.16. The molecule has 14 heavy (non-hydrogen) atoms. The van der Waals surface area contributed by atoms with Gasteiger partial charge in [0.05, 0.1) is 12.7 Å². The predicted molar refractivity (Wildman–Crippen MR) is 66.1 cm³/mol. The van der Waals surface area contributed by atoms with E-state index in [1.807, 2.05) is 37.2 Å². The quantitative estimate of drug-likeness (QED) is 0.769. The van der Waals surface area contributed by atoms with Crippen molar-refractivity contribution in [2.45, 2.75) is 0 Å². The molecule has 1 aromatic carbocycles. The molecule has 0 aliphatic heterocycles. The van der Waals surface area contributed by atoms with Gasteiger partial charge >= 0.3 is 0 Å². The van der Waals surface area contributed by atoms with Crippen molar-refractivity contribution in [2.75, 3.05) is 21.2 Å². The van der Waals surface area contributed by atoms with E-state index in [0.29, 0.717) is 0 Å². The molecule has 1 aromatic rings. The number of hydrogen-bond donors (Lipinski definition) is 0. The van der Waals surface area contributed by atoms with Crippen LogP contribution in [0.5, 0.6) is 5.75 Å². The third-order valence-corrected chi connectivity index (χ3v) is 2.88. The number of benzene rings is 1. The highest BCUT2D eigenvalue weighted by Gasteiger charge is 2.09. The maximum Gasteiger partial charge on any atom is 0.130 e. The van der Waals surface area contributed by atoms with Crippen LogP contribution in [0.15, 0.2) is 22.7 Å². The number of thiocarbonyl (C=S) groups is 1. The molecule has 0 heterocycles. The second kappa shape index (κ2) is 4.75. The van der Waals surface area contributed by atoms with E-state index >= 15 is 0 Å². The van der Waals surface area contributed by atoms with Gasteiger partial charge in [0.25, 0.3) is 0 Å². The molecular formula is C10H12BrNOS. The van der Waals surface area contributed by atoms with E-state index < -0.39 is 0 Å². The molecule has 0 aliphatic rings. The fourth-order valence-electron chi connectivity index (χ4n) is 1.08. The predicted octanol–water partition coefficient (Wildman–Crippen LogP) is 2.69. The zero-order valence-corrected chi connectivity index (χ0v) is 10.8. The van der Waals surface area contributed by atoms with Gasteiger partial charge in [-0.15, -0.1) is 0 Å². The van der Waals surface area contributed by atoms with E-state index in [1.54, 1.807) is 7.11 Å². The first-order chi connectivity index (χ1) is 6.56. The number of methoxy groups -OCH3 is 1. The Balaban J connectivity index is 3.14. The van der Waals surface area contributed by atoms with Gasteiger partial charge in [0.2, 0.25) is 0 Å². The molecule has 0 aliphatic carbocycles. The van der Waals surface area contributed by atoms with E-state index in [9.17, 15) is 0 Å². The maximum atomic E-state index is 5.27. The van der Waals surface area contributed by atoms with Gasteiger partial charge in [0, 0.05) is 18.6 Å². The third kappa shape index (κ3) is 2.45. The molecule has 0 radical (unpaired) electrons. The molecule has 0 aromatic heterocycles.